The Kier molecular flexibility index (Phi) is 7.57. The molecule has 3 fully saturated rings. The van der Waals surface area contributed by atoms with E-state index in [0.717, 1.165) is 38.6 Å². The lowest BCUT2D eigenvalue weighted by atomic mass is 9.58. The van der Waals surface area contributed by atoms with Gasteiger partial charge in [0.25, 0.3) is 0 Å². The minimum absolute atomic E-state index is 0.0890. The van der Waals surface area contributed by atoms with Crippen molar-refractivity contribution in [1.29, 1.82) is 0 Å². The molecule has 2 bridgehead atoms. The molecule has 2 aromatic rings. The van der Waals surface area contributed by atoms with Gasteiger partial charge in [0, 0.05) is 37.5 Å². The minimum Gasteiger partial charge on any atom is -0.382 e. The maximum atomic E-state index is 7.49. The van der Waals surface area contributed by atoms with Crippen LogP contribution in [0.3, 0.4) is 0 Å². The highest BCUT2D eigenvalue weighted by atomic mass is 16.5. The van der Waals surface area contributed by atoms with E-state index < -0.39 is 0 Å². The summed E-state index contributed by atoms with van der Waals surface area (Å²) in [5.41, 5.74) is 4.55. The fourth-order valence-corrected chi connectivity index (χ4v) is 9.25. The molecule has 0 amide bonds. The first-order valence-electron chi connectivity index (χ1n) is 15.9. The van der Waals surface area contributed by atoms with Crippen molar-refractivity contribution in [3.05, 3.63) is 65.5 Å². The smallest absolute Gasteiger partial charge is 0.0974 e. The van der Waals surface area contributed by atoms with Crippen LogP contribution in [-0.2, 0) is 18.9 Å². The van der Waals surface area contributed by atoms with Crippen LogP contribution in [0.5, 0.6) is 0 Å². The molecular weight excluding hydrogens is 512 g/mol. The average molecular weight is 559 g/mol. The number of fused-ring (bicyclic) bond motifs is 2. The summed E-state index contributed by atoms with van der Waals surface area (Å²) < 4.78 is 23.8. The lowest BCUT2D eigenvalue weighted by Gasteiger charge is -2.54. The van der Waals surface area contributed by atoms with Gasteiger partial charge >= 0.3 is 0 Å². The third-order valence-electron chi connectivity index (χ3n) is 11.2. The van der Waals surface area contributed by atoms with Crippen molar-refractivity contribution < 1.29 is 18.9 Å². The van der Waals surface area contributed by atoms with Crippen LogP contribution in [0, 0.1) is 11.3 Å². The van der Waals surface area contributed by atoms with Crippen molar-refractivity contribution in [3.63, 3.8) is 0 Å². The van der Waals surface area contributed by atoms with E-state index >= 15 is 0 Å². The number of methoxy groups -OCH3 is 1. The predicted molar refractivity (Wildman–Crippen MR) is 161 cm³/mol. The summed E-state index contributed by atoms with van der Waals surface area (Å²) in [6.45, 7) is 6.65. The second kappa shape index (κ2) is 11.2. The number of nitrogens with one attached hydrogen (secondary N) is 1. The second-order valence-electron chi connectivity index (χ2n) is 13.3. The van der Waals surface area contributed by atoms with E-state index in [1.54, 1.807) is 12.7 Å². The molecule has 1 N–H and O–H groups in total. The van der Waals surface area contributed by atoms with Crippen molar-refractivity contribution in [2.24, 2.45) is 11.3 Å². The molecule has 2 saturated carbocycles. The van der Waals surface area contributed by atoms with Crippen LogP contribution in [0.25, 0.3) is 10.8 Å². The molecule has 3 heterocycles. The maximum Gasteiger partial charge on any atom is 0.0974 e. The van der Waals surface area contributed by atoms with E-state index in [-0.39, 0.29) is 16.6 Å². The van der Waals surface area contributed by atoms with Gasteiger partial charge in [-0.15, -0.1) is 0 Å². The Labute approximate surface area is 244 Å². The van der Waals surface area contributed by atoms with Crippen LogP contribution >= 0.6 is 0 Å². The lowest BCUT2D eigenvalue weighted by molar-refractivity contribution is -0.136. The largest absolute Gasteiger partial charge is 0.382 e. The first-order chi connectivity index (χ1) is 20.1. The topological polar surface area (TPSA) is 61.8 Å². The molecule has 7 rings (SSSR count). The summed E-state index contributed by atoms with van der Waals surface area (Å²) in [6.07, 6.45) is 18.4. The Bertz CT molecular complexity index is 1320. The molecule has 2 spiro atoms. The third kappa shape index (κ3) is 4.80. The van der Waals surface area contributed by atoms with Gasteiger partial charge < -0.3 is 24.3 Å². The number of nitrogens with zero attached hydrogens (tertiary/aromatic N) is 1. The molecule has 1 aromatic carbocycles. The highest BCUT2D eigenvalue weighted by Gasteiger charge is 2.66. The number of pyridine rings is 1. The number of allylic oxidation sites excluding steroid dienone is 1. The third-order valence-corrected chi connectivity index (χ3v) is 11.2. The monoisotopic (exact) mass is 558 g/mol. The van der Waals surface area contributed by atoms with Gasteiger partial charge in [-0.2, -0.15) is 0 Å². The summed E-state index contributed by atoms with van der Waals surface area (Å²) in [6, 6.07) is 9.67. The Morgan fingerprint density at radius 2 is 1.88 bits per heavy atom. The Hall–Kier alpha value is -2.09. The van der Waals surface area contributed by atoms with Crippen LogP contribution in [0.1, 0.15) is 69.8 Å². The van der Waals surface area contributed by atoms with Crippen LogP contribution < -0.4 is 5.32 Å². The standard InChI is InChI=1S/C35H46N2O4/c1-33-11-9-29-22-28-5-6-30(37-15-16-39-19-20-40-18-17-38-2)23-34(28)12-13-35(29,41-34)32(33)8-7-31(33)26-4-3-25-10-14-36-24-27(25)21-26/h3-4,9-10,14,21-22,24,30-32,37H,5-8,11-13,15-20,23H2,1-2H3/t30?,31-,32-,33-,34-,35-/m1/s1. The number of hydrogen-bond acceptors (Lipinski definition) is 6. The number of ether oxygens (including phenoxy) is 4. The average Bonchev–Trinajstić information content (AvgIpc) is 3.51. The minimum atomic E-state index is -0.114. The molecular formula is C35H46N2O4. The zero-order chi connectivity index (χ0) is 27.9. The molecule has 1 unspecified atom stereocenters. The number of benzene rings is 1. The zero-order valence-corrected chi connectivity index (χ0v) is 24.8. The van der Waals surface area contributed by atoms with Crippen LogP contribution in [-0.4, -0.2) is 68.9 Å². The maximum absolute atomic E-state index is 7.49. The van der Waals surface area contributed by atoms with Crippen LogP contribution in [0.15, 0.2) is 60.0 Å². The van der Waals surface area contributed by atoms with E-state index in [1.165, 1.54) is 41.2 Å². The van der Waals surface area contributed by atoms with Gasteiger partial charge in [0.15, 0.2) is 0 Å². The molecule has 41 heavy (non-hydrogen) atoms. The first-order valence-corrected chi connectivity index (χ1v) is 15.9. The van der Waals surface area contributed by atoms with Gasteiger partial charge in [-0.05, 0) is 103 Å². The molecule has 3 aliphatic carbocycles. The molecule has 1 saturated heterocycles. The molecule has 6 heteroatoms. The van der Waals surface area contributed by atoms with Gasteiger partial charge in [-0.3, -0.25) is 4.98 Å². The Balaban J connectivity index is 1.02. The van der Waals surface area contributed by atoms with Gasteiger partial charge in [-0.25, -0.2) is 0 Å². The fourth-order valence-electron chi connectivity index (χ4n) is 9.25. The van der Waals surface area contributed by atoms with Crippen molar-refractivity contribution in [3.8, 4) is 0 Å². The van der Waals surface area contributed by atoms with E-state index in [4.69, 9.17) is 18.9 Å². The highest BCUT2D eigenvalue weighted by Crippen LogP contribution is 2.69. The lowest BCUT2D eigenvalue weighted by Crippen LogP contribution is -2.55. The van der Waals surface area contributed by atoms with Crippen molar-refractivity contribution >= 4 is 10.8 Å². The highest BCUT2D eigenvalue weighted by molar-refractivity contribution is 5.82. The van der Waals surface area contributed by atoms with Crippen molar-refractivity contribution in [2.75, 3.05) is 46.7 Å². The van der Waals surface area contributed by atoms with Crippen LogP contribution in [0.4, 0.5) is 0 Å². The number of rotatable bonds is 11. The quantitative estimate of drug-likeness (QED) is 0.336. The zero-order valence-electron chi connectivity index (χ0n) is 24.8. The van der Waals surface area contributed by atoms with Gasteiger partial charge in [-0.1, -0.05) is 31.2 Å². The van der Waals surface area contributed by atoms with E-state index in [9.17, 15) is 0 Å². The normalized spacial score (nSPS) is 35.5. The summed E-state index contributed by atoms with van der Waals surface area (Å²) >= 11 is 0. The van der Waals surface area contributed by atoms with Gasteiger partial charge in [0.1, 0.15) is 0 Å². The molecule has 0 radical (unpaired) electrons. The number of hydrogen-bond donors (Lipinski definition) is 1. The van der Waals surface area contributed by atoms with Crippen molar-refractivity contribution in [1.82, 2.24) is 10.3 Å². The summed E-state index contributed by atoms with van der Waals surface area (Å²) in [7, 11) is 1.69. The molecule has 1 aromatic heterocycles. The summed E-state index contributed by atoms with van der Waals surface area (Å²) in [5.74, 6) is 1.12. The first kappa shape index (κ1) is 27.7. The van der Waals surface area contributed by atoms with Crippen LogP contribution in [0.2, 0.25) is 0 Å². The fraction of sp³-hybridized carbons (Fsp3) is 0.629. The van der Waals surface area contributed by atoms with Gasteiger partial charge in [0.2, 0.25) is 0 Å². The SMILES string of the molecule is COCCOCCOCCNC1CCC2=CC3=CC[C@]4(C)[C@@H](c5ccc6ccncc6c5)CC[C@H]4[C@@]34CC[C@]2(C1)O4. The molecule has 6 nitrogen and oxygen atoms in total. The van der Waals surface area contributed by atoms with E-state index in [1.807, 2.05) is 12.4 Å². The molecule has 5 aliphatic rings. The Morgan fingerprint density at radius 1 is 1.00 bits per heavy atom. The molecule has 6 atom stereocenters. The van der Waals surface area contributed by atoms with E-state index in [2.05, 4.69) is 53.6 Å². The summed E-state index contributed by atoms with van der Waals surface area (Å²) in [5, 5.41) is 6.33. The summed E-state index contributed by atoms with van der Waals surface area (Å²) in [4.78, 5) is 4.39. The molecule has 2 aliphatic heterocycles. The van der Waals surface area contributed by atoms with E-state index in [0.29, 0.717) is 50.9 Å². The predicted octanol–water partition coefficient (Wildman–Crippen LogP) is 6.11. The van der Waals surface area contributed by atoms with Gasteiger partial charge in [0.05, 0.1) is 44.2 Å². The number of aromatic nitrogens is 1. The Morgan fingerprint density at radius 3 is 2.78 bits per heavy atom. The second-order valence-corrected chi connectivity index (χ2v) is 13.3. The molecule has 220 valence electrons. The van der Waals surface area contributed by atoms with Crippen molar-refractivity contribution in [2.45, 2.75) is 81.5 Å².